The number of dihydropyridines is 1. The van der Waals surface area contributed by atoms with Crippen molar-refractivity contribution in [3.63, 3.8) is 0 Å². The van der Waals surface area contributed by atoms with Gasteiger partial charge in [0.05, 0.1) is 11.4 Å². The summed E-state index contributed by atoms with van der Waals surface area (Å²) in [7, 11) is 0. The number of likely N-dealkylation sites (tertiary alicyclic amines) is 1. The van der Waals surface area contributed by atoms with Gasteiger partial charge in [0.2, 0.25) is 0 Å². The Balaban J connectivity index is 1.20. The van der Waals surface area contributed by atoms with E-state index in [9.17, 15) is 0 Å². The Morgan fingerprint density at radius 1 is 1.14 bits per heavy atom. The van der Waals surface area contributed by atoms with Crippen LogP contribution in [0, 0.1) is 6.92 Å². The zero-order chi connectivity index (χ0) is 19.3. The van der Waals surface area contributed by atoms with E-state index in [-0.39, 0.29) is 0 Å². The Bertz CT molecular complexity index is 816. The van der Waals surface area contributed by atoms with E-state index in [2.05, 4.69) is 69.1 Å². The largest absolute Gasteiger partial charge is 0.360 e. The van der Waals surface area contributed by atoms with E-state index in [4.69, 9.17) is 11.6 Å². The molecule has 0 aliphatic carbocycles. The van der Waals surface area contributed by atoms with E-state index in [1.54, 1.807) is 0 Å². The molecule has 0 saturated carbocycles. The van der Waals surface area contributed by atoms with Gasteiger partial charge in [-0.05, 0) is 74.4 Å². The number of halogens is 1. The van der Waals surface area contributed by atoms with Gasteiger partial charge < -0.3 is 20.4 Å². The number of nitrogens with zero attached hydrogens (tertiary/aromatic N) is 2. The quantitative estimate of drug-likeness (QED) is 0.763. The molecule has 148 valence electrons. The highest BCUT2D eigenvalue weighted by Crippen LogP contribution is 2.21. The van der Waals surface area contributed by atoms with Crippen LogP contribution in [-0.4, -0.2) is 42.0 Å². The fraction of sp³-hybridized carbons (Fsp3) is 0.391. The molecule has 5 heteroatoms. The van der Waals surface area contributed by atoms with Gasteiger partial charge in [0.15, 0.2) is 0 Å². The lowest BCUT2D eigenvalue weighted by molar-refractivity contribution is 0.186. The molecule has 4 nitrogen and oxygen atoms in total. The molecule has 1 fully saturated rings. The maximum Gasteiger partial charge on any atom is 0.0646 e. The van der Waals surface area contributed by atoms with E-state index >= 15 is 0 Å². The van der Waals surface area contributed by atoms with Crippen molar-refractivity contribution in [1.82, 2.24) is 20.4 Å². The van der Waals surface area contributed by atoms with Crippen LogP contribution in [0.1, 0.15) is 24.0 Å². The first-order valence-electron chi connectivity index (χ1n) is 10.2. The maximum absolute atomic E-state index is 6.24. The van der Waals surface area contributed by atoms with Crippen LogP contribution in [-0.2, 0) is 6.54 Å². The molecule has 1 aromatic carbocycles. The molecule has 3 aliphatic rings. The molecule has 28 heavy (non-hydrogen) atoms. The van der Waals surface area contributed by atoms with Crippen LogP contribution in [0.5, 0.6) is 0 Å². The average Bonchev–Trinajstić information content (AvgIpc) is 2.74. The Kier molecular flexibility index (Phi) is 6.20. The number of rotatable bonds is 6. The first-order valence-corrected chi connectivity index (χ1v) is 10.6. The number of nitrogens with one attached hydrogen (secondary N) is 2. The minimum absolute atomic E-state index is 0.594. The van der Waals surface area contributed by atoms with Crippen LogP contribution >= 0.6 is 11.6 Å². The van der Waals surface area contributed by atoms with Gasteiger partial charge in [0, 0.05) is 43.1 Å². The van der Waals surface area contributed by atoms with E-state index in [1.165, 1.54) is 29.8 Å². The Morgan fingerprint density at radius 3 is 2.82 bits per heavy atom. The summed E-state index contributed by atoms with van der Waals surface area (Å²) in [6.07, 6.45) is 15.1. The molecule has 0 aromatic heterocycles. The fourth-order valence-electron chi connectivity index (χ4n) is 3.96. The third-order valence-corrected chi connectivity index (χ3v) is 6.19. The summed E-state index contributed by atoms with van der Waals surface area (Å²) in [6.45, 7) is 7.37. The molecule has 0 unspecified atom stereocenters. The molecule has 0 atom stereocenters. The standard InChI is InChI=1S/C23H29ClN4/c1-18-6-7-19(16-21(18)24)17-26-20-8-12-27(13-9-20)14-15-28-11-3-4-22-23(28)5-2-10-25-22/h2-7,10-11,16,20,25-26H,8-9,12-15,17H2,1H3. The lowest BCUT2D eigenvalue weighted by atomic mass is 10.0. The normalized spacial score (nSPS) is 19.9. The second kappa shape index (κ2) is 8.99. The first kappa shape index (κ1) is 19.3. The number of fused-ring (bicyclic) bond motifs is 1. The summed E-state index contributed by atoms with van der Waals surface area (Å²) in [5, 5.41) is 7.89. The van der Waals surface area contributed by atoms with Crippen LogP contribution < -0.4 is 10.6 Å². The second-order valence-electron chi connectivity index (χ2n) is 7.75. The van der Waals surface area contributed by atoms with Crippen molar-refractivity contribution in [3.05, 3.63) is 82.4 Å². The van der Waals surface area contributed by atoms with E-state index in [1.807, 2.05) is 13.1 Å². The number of aryl methyl sites for hydroxylation is 1. The van der Waals surface area contributed by atoms with Crippen molar-refractivity contribution in [1.29, 1.82) is 0 Å². The Labute approximate surface area is 173 Å². The molecule has 0 spiro atoms. The lowest BCUT2D eigenvalue weighted by Crippen LogP contribution is -2.44. The van der Waals surface area contributed by atoms with Gasteiger partial charge in [-0.25, -0.2) is 0 Å². The molecule has 2 N–H and O–H groups in total. The zero-order valence-corrected chi connectivity index (χ0v) is 17.3. The zero-order valence-electron chi connectivity index (χ0n) is 16.5. The number of benzene rings is 1. The number of hydrogen-bond acceptors (Lipinski definition) is 4. The minimum atomic E-state index is 0.594. The molecule has 1 aromatic rings. The summed E-state index contributed by atoms with van der Waals surface area (Å²) in [6, 6.07) is 6.95. The smallest absolute Gasteiger partial charge is 0.0646 e. The lowest BCUT2D eigenvalue weighted by Gasteiger charge is -2.35. The monoisotopic (exact) mass is 396 g/mol. The summed E-state index contributed by atoms with van der Waals surface area (Å²) >= 11 is 6.24. The van der Waals surface area contributed by atoms with Crippen LogP contribution in [0.2, 0.25) is 5.02 Å². The molecule has 4 rings (SSSR count). The van der Waals surface area contributed by atoms with Gasteiger partial charge in [-0.1, -0.05) is 23.7 Å². The topological polar surface area (TPSA) is 30.5 Å². The molecule has 3 aliphatic heterocycles. The summed E-state index contributed by atoms with van der Waals surface area (Å²) in [5.41, 5.74) is 4.85. The Hall–Kier alpha value is -2.01. The Morgan fingerprint density at radius 2 is 2.00 bits per heavy atom. The predicted octanol–water partition coefficient (Wildman–Crippen LogP) is 3.92. The molecular formula is C23H29ClN4. The van der Waals surface area contributed by atoms with Gasteiger partial charge in [-0.15, -0.1) is 0 Å². The van der Waals surface area contributed by atoms with Gasteiger partial charge in [0.1, 0.15) is 0 Å². The van der Waals surface area contributed by atoms with E-state index in [0.29, 0.717) is 6.04 Å². The van der Waals surface area contributed by atoms with Crippen molar-refractivity contribution >= 4 is 11.6 Å². The summed E-state index contributed by atoms with van der Waals surface area (Å²) in [5.74, 6) is 0. The van der Waals surface area contributed by atoms with Gasteiger partial charge >= 0.3 is 0 Å². The SMILES string of the molecule is Cc1ccc(CNC2CCN(CCN3C=CC=C4NC=CC=C43)CC2)cc1Cl. The summed E-state index contributed by atoms with van der Waals surface area (Å²) < 4.78 is 0. The van der Waals surface area contributed by atoms with Crippen molar-refractivity contribution in [3.8, 4) is 0 Å². The predicted molar refractivity (Wildman–Crippen MR) is 117 cm³/mol. The van der Waals surface area contributed by atoms with Crippen molar-refractivity contribution in [2.75, 3.05) is 26.2 Å². The highest BCUT2D eigenvalue weighted by Gasteiger charge is 2.21. The second-order valence-corrected chi connectivity index (χ2v) is 8.16. The average molecular weight is 397 g/mol. The van der Waals surface area contributed by atoms with Gasteiger partial charge in [-0.2, -0.15) is 0 Å². The first-order chi connectivity index (χ1) is 13.7. The van der Waals surface area contributed by atoms with E-state index < -0.39 is 0 Å². The van der Waals surface area contributed by atoms with Crippen molar-refractivity contribution in [2.24, 2.45) is 0 Å². The van der Waals surface area contributed by atoms with Gasteiger partial charge in [0.25, 0.3) is 0 Å². The molecule has 0 amide bonds. The third-order valence-electron chi connectivity index (χ3n) is 5.78. The van der Waals surface area contributed by atoms with Crippen molar-refractivity contribution < 1.29 is 0 Å². The fourth-order valence-corrected chi connectivity index (χ4v) is 4.16. The van der Waals surface area contributed by atoms with Crippen LogP contribution in [0.4, 0.5) is 0 Å². The van der Waals surface area contributed by atoms with Crippen LogP contribution in [0.15, 0.2) is 66.3 Å². The van der Waals surface area contributed by atoms with E-state index in [0.717, 1.165) is 43.3 Å². The molecule has 0 radical (unpaired) electrons. The molecule has 0 bridgehead atoms. The van der Waals surface area contributed by atoms with Crippen LogP contribution in [0.3, 0.4) is 0 Å². The third kappa shape index (κ3) is 4.69. The number of allylic oxidation sites excluding steroid dienone is 4. The molecule has 3 heterocycles. The highest BCUT2D eigenvalue weighted by atomic mass is 35.5. The molecule has 1 saturated heterocycles. The van der Waals surface area contributed by atoms with Crippen molar-refractivity contribution in [2.45, 2.75) is 32.4 Å². The van der Waals surface area contributed by atoms with Gasteiger partial charge in [-0.3, -0.25) is 0 Å². The minimum Gasteiger partial charge on any atom is -0.360 e. The molecular weight excluding hydrogens is 368 g/mol. The number of piperidine rings is 1. The maximum atomic E-state index is 6.24. The van der Waals surface area contributed by atoms with Crippen LogP contribution in [0.25, 0.3) is 0 Å². The number of hydrogen-bond donors (Lipinski definition) is 2. The summed E-state index contributed by atoms with van der Waals surface area (Å²) in [4.78, 5) is 4.93. The highest BCUT2D eigenvalue weighted by molar-refractivity contribution is 6.31.